The van der Waals surface area contributed by atoms with E-state index in [1.165, 1.54) is 0 Å². The number of ether oxygens (including phenoxy) is 3. The van der Waals surface area contributed by atoms with Crippen molar-refractivity contribution in [3.8, 4) is 17.2 Å². The van der Waals surface area contributed by atoms with Crippen LogP contribution in [0.4, 0.5) is 0 Å². The first-order chi connectivity index (χ1) is 8.01. The lowest BCUT2D eigenvalue weighted by Gasteiger charge is -2.18. The fourth-order valence-electron chi connectivity index (χ4n) is 1.31. The number of phenolic OH excluding ortho intramolecular Hbond substituents is 1. The molecule has 0 saturated heterocycles. The van der Waals surface area contributed by atoms with E-state index in [1.807, 2.05) is 6.92 Å². The van der Waals surface area contributed by atoms with Crippen LogP contribution in [0.1, 0.15) is 13.8 Å². The maximum absolute atomic E-state index is 9.86. The van der Waals surface area contributed by atoms with Gasteiger partial charge in [0, 0.05) is 12.7 Å². The Morgan fingerprint density at radius 2 is 2.00 bits per heavy atom. The van der Waals surface area contributed by atoms with Crippen molar-refractivity contribution in [2.45, 2.75) is 20.1 Å². The van der Waals surface area contributed by atoms with E-state index in [9.17, 15) is 5.11 Å². The van der Waals surface area contributed by atoms with Crippen molar-refractivity contribution in [1.82, 2.24) is 0 Å². The molecular weight excluding hydrogens is 450 g/mol. The number of hydrogen-bond acceptors (Lipinski definition) is 4. The maximum atomic E-state index is 9.86. The SMILES string of the molecule is CCOC(C)Oc1c(O)cc(I)c(OC)c1I. The van der Waals surface area contributed by atoms with Crippen molar-refractivity contribution in [2.24, 2.45) is 0 Å². The van der Waals surface area contributed by atoms with E-state index in [-0.39, 0.29) is 5.75 Å². The topological polar surface area (TPSA) is 47.9 Å². The Labute approximate surface area is 128 Å². The largest absolute Gasteiger partial charge is 0.504 e. The minimum atomic E-state index is -0.413. The minimum Gasteiger partial charge on any atom is -0.504 e. The lowest BCUT2D eigenvalue weighted by molar-refractivity contribution is -0.0629. The average Bonchev–Trinajstić information content (AvgIpc) is 2.25. The Hall–Kier alpha value is 0.0400. The summed E-state index contributed by atoms with van der Waals surface area (Å²) in [4.78, 5) is 0. The summed E-state index contributed by atoms with van der Waals surface area (Å²) in [6.45, 7) is 4.22. The van der Waals surface area contributed by atoms with E-state index in [0.29, 0.717) is 18.1 Å². The predicted octanol–water partition coefficient (Wildman–Crippen LogP) is 3.37. The van der Waals surface area contributed by atoms with Crippen LogP contribution in [-0.4, -0.2) is 25.1 Å². The van der Waals surface area contributed by atoms with Gasteiger partial charge >= 0.3 is 0 Å². The molecule has 6 heteroatoms. The summed E-state index contributed by atoms with van der Waals surface area (Å²) in [6.07, 6.45) is -0.413. The van der Waals surface area contributed by atoms with Gasteiger partial charge in [0.15, 0.2) is 17.8 Å². The highest BCUT2D eigenvalue weighted by atomic mass is 127. The second-order valence-corrected chi connectivity index (χ2v) is 5.44. The third-order valence-electron chi connectivity index (χ3n) is 2.00. The molecule has 0 aliphatic heterocycles. The summed E-state index contributed by atoms with van der Waals surface area (Å²) in [7, 11) is 1.59. The van der Waals surface area contributed by atoms with Crippen LogP contribution in [0.25, 0.3) is 0 Å². The highest BCUT2D eigenvalue weighted by molar-refractivity contribution is 14.1. The van der Waals surface area contributed by atoms with Gasteiger partial charge in [-0.3, -0.25) is 0 Å². The quantitative estimate of drug-likeness (QED) is 0.537. The molecule has 0 fully saturated rings. The molecule has 1 aromatic carbocycles. The van der Waals surface area contributed by atoms with Crippen LogP contribution < -0.4 is 9.47 Å². The molecule has 1 atom stereocenters. The number of aromatic hydroxyl groups is 1. The molecule has 1 aromatic rings. The van der Waals surface area contributed by atoms with Crippen LogP contribution in [0.15, 0.2) is 6.07 Å². The maximum Gasteiger partial charge on any atom is 0.197 e. The molecule has 96 valence electrons. The van der Waals surface area contributed by atoms with Crippen molar-refractivity contribution >= 4 is 45.2 Å². The fourth-order valence-corrected chi connectivity index (χ4v) is 3.52. The Morgan fingerprint density at radius 3 is 2.53 bits per heavy atom. The summed E-state index contributed by atoms with van der Waals surface area (Å²) < 4.78 is 17.7. The second-order valence-electron chi connectivity index (χ2n) is 3.19. The smallest absolute Gasteiger partial charge is 0.197 e. The molecule has 1 unspecified atom stereocenters. The number of methoxy groups -OCH3 is 1. The molecule has 0 spiro atoms. The summed E-state index contributed by atoms with van der Waals surface area (Å²) in [5.41, 5.74) is 0. The molecule has 0 aliphatic carbocycles. The number of hydrogen-bond donors (Lipinski definition) is 1. The molecule has 0 bridgehead atoms. The first kappa shape index (κ1) is 15.1. The molecular formula is C11H14I2O4. The first-order valence-corrected chi connectivity index (χ1v) is 7.20. The zero-order valence-corrected chi connectivity index (χ0v) is 14.1. The van der Waals surface area contributed by atoms with E-state index in [2.05, 4.69) is 45.2 Å². The van der Waals surface area contributed by atoms with Gasteiger partial charge in [-0.1, -0.05) is 0 Å². The Bertz CT molecular complexity index is 396. The van der Waals surface area contributed by atoms with Crippen molar-refractivity contribution < 1.29 is 19.3 Å². The molecule has 0 amide bonds. The number of phenols is 1. The molecule has 4 nitrogen and oxygen atoms in total. The lowest BCUT2D eigenvalue weighted by Crippen LogP contribution is -2.17. The summed E-state index contributed by atoms with van der Waals surface area (Å²) >= 11 is 4.19. The zero-order valence-electron chi connectivity index (χ0n) is 9.79. The molecule has 0 radical (unpaired) electrons. The van der Waals surface area contributed by atoms with Gasteiger partial charge in [0.05, 0.1) is 10.7 Å². The molecule has 0 saturated carbocycles. The standard InChI is InChI=1S/C11H14I2O4/c1-4-16-6(2)17-11-8(14)5-7(12)10(15-3)9(11)13/h5-6,14H,4H2,1-3H3. The Balaban J connectivity index is 3.06. The third kappa shape index (κ3) is 3.75. The molecule has 1 N–H and O–H groups in total. The highest BCUT2D eigenvalue weighted by Crippen LogP contribution is 2.41. The van der Waals surface area contributed by atoms with Crippen LogP contribution in [0.2, 0.25) is 0 Å². The van der Waals surface area contributed by atoms with Crippen molar-refractivity contribution in [3.63, 3.8) is 0 Å². The Kier molecular flexibility index (Phi) is 6.07. The van der Waals surface area contributed by atoms with E-state index < -0.39 is 6.29 Å². The summed E-state index contributed by atoms with van der Waals surface area (Å²) in [6, 6.07) is 1.61. The van der Waals surface area contributed by atoms with Gasteiger partial charge in [-0.05, 0) is 59.0 Å². The molecule has 17 heavy (non-hydrogen) atoms. The second kappa shape index (κ2) is 6.83. The molecule has 0 aromatic heterocycles. The summed E-state index contributed by atoms with van der Waals surface area (Å²) in [5, 5.41) is 9.86. The number of rotatable bonds is 5. The van der Waals surface area contributed by atoms with E-state index >= 15 is 0 Å². The van der Waals surface area contributed by atoms with Gasteiger partial charge in [0.1, 0.15) is 9.32 Å². The zero-order chi connectivity index (χ0) is 13.0. The number of halogens is 2. The van der Waals surface area contributed by atoms with Crippen LogP contribution in [-0.2, 0) is 4.74 Å². The third-order valence-corrected chi connectivity index (χ3v) is 3.78. The normalized spacial score (nSPS) is 12.3. The lowest BCUT2D eigenvalue weighted by atomic mass is 10.3. The predicted molar refractivity (Wildman–Crippen MR) is 81.8 cm³/mol. The monoisotopic (exact) mass is 464 g/mol. The van der Waals surface area contributed by atoms with Crippen molar-refractivity contribution in [3.05, 3.63) is 13.2 Å². The summed E-state index contributed by atoms with van der Waals surface area (Å²) in [5.74, 6) is 1.18. The first-order valence-electron chi connectivity index (χ1n) is 5.04. The van der Waals surface area contributed by atoms with Gasteiger partial charge in [-0.25, -0.2) is 0 Å². The van der Waals surface area contributed by atoms with E-state index in [1.54, 1.807) is 20.1 Å². The molecule has 1 rings (SSSR count). The molecule has 0 aliphatic rings. The van der Waals surface area contributed by atoms with Gasteiger partial charge in [-0.2, -0.15) is 0 Å². The van der Waals surface area contributed by atoms with Gasteiger partial charge in [-0.15, -0.1) is 0 Å². The average molecular weight is 464 g/mol. The van der Waals surface area contributed by atoms with Crippen molar-refractivity contribution in [1.29, 1.82) is 0 Å². The van der Waals surface area contributed by atoms with Gasteiger partial charge < -0.3 is 19.3 Å². The van der Waals surface area contributed by atoms with E-state index in [4.69, 9.17) is 14.2 Å². The highest BCUT2D eigenvalue weighted by Gasteiger charge is 2.18. The van der Waals surface area contributed by atoms with Crippen LogP contribution >= 0.6 is 45.2 Å². The Morgan fingerprint density at radius 1 is 1.35 bits per heavy atom. The van der Waals surface area contributed by atoms with Gasteiger partial charge in [0.2, 0.25) is 0 Å². The fraction of sp³-hybridized carbons (Fsp3) is 0.455. The number of benzene rings is 1. The van der Waals surface area contributed by atoms with Crippen molar-refractivity contribution in [2.75, 3.05) is 13.7 Å². The van der Waals surface area contributed by atoms with Crippen LogP contribution in [0.5, 0.6) is 17.2 Å². The molecule has 0 heterocycles. The van der Waals surface area contributed by atoms with Crippen LogP contribution in [0.3, 0.4) is 0 Å². The minimum absolute atomic E-state index is 0.0890. The van der Waals surface area contributed by atoms with Gasteiger partial charge in [0.25, 0.3) is 0 Å². The van der Waals surface area contributed by atoms with Crippen LogP contribution in [0, 0.1) is 7.14 Å². The van der Waals surface area contributed by atoms with E-state index in [0.717, 1.165) is 7.14 Å².